The fourth-order valence-corrected chi connectivity index (χ4v) is 3.91. The van der Waals surface area contributed by atoms with Crippen LogP contribution in [-0.2, 0) is 11.3 Å². The van der Waals surface area contributed by atoms with E-state index in [4.69, 9.17) is 14.2 Å². The molecule has 0 amide bonds. The Morgan fingerprint density at radius 1 is 1.00 bits per heavy atom. The molecule has 136 valence electrons. The van der Waals surface area contributed by atoms with E-state index >= 15 is 0 Å². The lowest BCUT2D eigenvalue weighted by molar-refractivity contribution is -0.0402. The molecule has 2 unspecified atom stereocenters. The van der Waals surface area contributed by atoms with Gasteiger partial charge in [0.05, 0.1) is 33.5 Å². The molecule has 2 bridgehead atoms. The highest BCUT2D eigenvalue weighted by Crippen LogP contribution is 2.36. The summed E-state index contributed by atoms with van der Waals surface area (Å²) < 4.78 is 16.7. The molecule has 2 atom stereocenters. The summed E-state index contributed by atoms with van der Waals surface area (Å²) >= 11 is 0. The maximum Gasteiger partial charge on any atom is 0.123 e. The van der Waals surface area contributed by atoms with Crippen molar-refractivity contribution < 1.29 is 14.2 Å². The summed E-state index contributed by atoms with van der Waals surface area (Å²) in [6.45, 7) is 2.49. The van der Waals surface area contributed by atoms with Crippen LogP contribution >= 0.6 is 0 Å². The van der Waals surface area contributed by atoms with Gasteiger partial charge in [0.25, 0.3) is 0 Å². The fraction of sp³-hybridized carbons (Fsp3) is 0.364. The zero-order valence-corrected chi connectivity index (χ0v) is 15.4. The van der Waals surface area contributed by atoms with Crippen molar-refractivity contribution in [2.75, 3.05) is 27.4 Å². The minimum Gasteiger partial charge on any atom is -0.497 e. The molecule has 1 saturated heterocycles. The third-order valence-electron chi connectivity index (χ3n) is 5.27. The average Bonchev–Trinajstić information content (AvgIpc) is 2.68. The molecule has 0 N–H and O–H groups in total. The van der Waals surface area contributed by atoms with Gasteiger partial charge in [-0.1, -0.05) is 36.4 Å². The second-order valence-corrected chi connectivity index (χ2v) is 6.91. The summed E-state index contributed by atoms with van der Waals surface area (Å²) in [6, 6.07) is 17.5. The minimum atomic E-state index is 0.301. The van der Waals surface area contributed by atoms with Crippen molar-refractivity contribution >= 4 is 5.57 Å². The minimum absolute atomic E-state index is 0.301. The lowest BCUT2D eigenvalue weighted by Gasteiger charge is -2.45. The van der Waals surface area contributed by atoms with Gasteiger partial charge in [-0.3, -0.25) is 4.90 Å². The Morgan fingerprint density at radius 2 is 1.73 bits per heavy atom. The van der Waals surface area contributed by atoms with Crippen LogP contribution in [-0.4, -0.2) is 44.4 Å². The summed E-state index contributed by atoms with van der Waals surface area (Å²) in [7, 11) is 3.38. The first-order valence-corrected chi connectivity index (χ1v) is 9.08. The van der Waals surface area contributed by atoms with Gasteiger partial charge in [-0.05, 0) is 35.3 Å². The summed E-state index contributed by atoms with van der Waals surface area (Å²) in [5.74, 6) is 1.65. The Labute approximate surface area is 155 Å². The Morgan fingerprint density at radius 3 is 2.38 bits per heavy atom. The van der Waals surface area contributed by atoms with E-state index in [0.717, 1.165) is 37.7 Å². The lowest BCUT2D eigenvalue weighted by atomic mass is 9.89. The van der Waals surface area contributed by atoms with E-state index in [9.17, 15) is 0 Å². The van der Waals surface area contributed by atoms with Gasteiger partial charge in [-0.15, -0.1) is 0 Å². The number of benzene rings is 2. The second kappa shape index (κ2) is 7.52. The maximum atomic E-state index is 5.84. The molecule has 0 spiro atoms. The van der Waals surface area contributed by atoms with Gasteiger partial charge < -0.3 is 14.2 Å². The third-order valence-corrected chi connectivity index (χ3v) is 5.27. The van der Waals surface area contributed by atoms with Crippen LogP contribution < -0.4 is 9.47 Å². The van der Waals surface area contributed by atoms with Gasteiger partial charge in [0.2, 0.25) is 0 Å². The van der Waals surface area contributed by atoms with Crippen molar-refractivity contribution in [1.29, 1.82) is 0 Å². The third kappa shape index (κ3) is 3.48. The van der Waals surface area contributed by atoms with Crippen LogP contribution in [0, 0.1) is 0 Å². The number of morpholine rings is 1. The highest BCUT2D eigenvalue weighted by Gasteiger charge is 2.35. The molecule has 0 saturated carbocycles. The Kier molecular flexibility index (Phi) is 4.96. The smallest absolute Gasteiger partial charge is 0.123 e. The van der Waals surface area contributed by atoms with E-state index in [1.807, 2.05) is 6.07 Å². The predicted molar refractivity (Wildman–Crippen MR) is 103 cm³/mol. The number of nitrogens with zero attached hydrogens (tertiary/aromatic N) is 1. The predicted octanol–water partition coefficient (Wildman–Crippen LogP) is 3.76. The molecule has 2 heterocycles. The second-order valence-electron chi connectivity index (χ2n) is 6.91. The van der Waals surface area contributed by atoms with Gasteiger partial charge in [-0.25, -0.2) is 0 Å². The van der Waals surface area contributed by atoms with Crippen molar-refractivity contribution in [3.63, 3.8) is 0 Å². The van der Waals surface area contributed by atoms with Gasteiger partial charge >= 0.3 is 0 Å². The van der Waals surface area contributed by atoms with Crippen molar-refractivity contribution in [1.82, 2.24) is 4.90 Å². The summed E-state index contributed by atoms with van der Waals surface area (Å²) in [5, 5.41) is 0. The fourth-order valence-electron chi connectivity index (χ4n) is 3.91. The van der Waals surface area contributed by atoms with Gasteiger partial charge in [0.1, 0.15) is 11.5 Å². The molecule has 0 radical (unpaired) electrons. The first-order chi connectivity index (χ1) is 12.8. The molecule has 4 rings (SSSR count). The van der Waals surface area contributed by atoms with Crippen LogP contribution in [0.3, 0.4) is 0 Å². The largest absolute Gasteiger partial charge is 0.497 e. The van der Waals surface area contributed by atoms with Crippen molar-refractivity contribution in [3.05, 3.63) is 65.7 Å². The number of hydrogen-bond acceptors (Lipinski definition) is 4. The molecule has 4 heteroatoms. The van der Waals surface area contributed by atoms with E-state index in [2.05, 4.69) is 53.4 Å². The van der Waals surface area contributed by atoms with Gasteiger partial charge in [0, 0.05) is 18.7 Å². The highest BCUT2D eigenvalue weighted by molar-refractivity contribution is 5.70. The standard InChI is InChI=1S/C22H25NO3/c1-24-21-10-18(11-22(12-21)25-2)17-8-19-14-26-15-20(9-17)23(19)13-16-6-4-3-5-7-16/h3-8,10-12,19-20H,9,13-15H2,1-2H3. The summed E-state index contributed by atoms with van der Waals surface area (Å²) in [6.07, 6.45) is 3.33. The summed E-state index contributed by atoms with van der Waals surface area (Å²) in [4.78, 5) is 2.57. The number of hydrogen-bond donors (Lipinski definition) is 0. The zero-order chi connectivity index (χ0) is 17.9. The topological polar surface area (TPSA) is 30.9 Å². The summed E-state index contributed by atoms with van der Waals surface area (Å²) in [5.41, 5.74) is 3.88. The number of ether oxygens (including phenoxy) is 3. The average molecular weight is 351 g/mol. The number of fused-ring (bicyclic) bond motifs is 2. The molecule has 1 fully saturated rings. The van der Waals surface area contributed by atoms with E-state index in [0.29, 0.717) is 12.1 Å². The Balaban J connectivity index is 1.62. The Hall–Kier alpha value is -2.30. The van der Waals surface area contributed by atoms with E-state index in [-0.39, 0.29) is 0 Å². The van der Waals surface area contributed by atoms with Crippen molar-refractivity contribution in [3.8, 4) is 11.5 Å². The van der Waals surface area contributed by atoms with Crippen LogP contribution in [0.1, 0.15) is 17.5 Å². The van der Waals surface area contributed by atoms with E-state index in [1.165, 1.54) is 16.7 Å². The van der Waals surface area contributed by atoms with Crippen molar-refractivity contribution in [2.45, 2.75) is 25.0 Å². The van der Waals surface area contributed by atoms with Gasteiger partial charge in [-0.2, -0.15) is 0 Å². The lowest BCUT2D eigenvalue weighted by Crippen LogP contribution is -2.53. The highest BCUT2D eigenvalue weighted by atomic mass is 16.5. The SMILES string of the molecule is COc1cc(OC)cc(C2=CC3COCC(C2)N3Cc2ccccc2)c1. The molecular formula is C22H25NO3. The molecular weight excluding hydrogens is 326 g/mol. The van der Waals surface area contributed by atoms with Crippen LogP contribution in [0.2, 0.25) is 0 Å². The van der Waals surface area contributed by atoms with Crippen LogP contribution in [0.15, 0.2) is 54.6 Å². The normalized spacial score (nSPS) is 22.6. The molecule has 0 aromatic heterocycles. The molecule has 2 aliphatic rings. The molecule has 26 heavy (non-hydrogen) atoms. The molecule has 0 aliphatic carbocycles. The molecule has 2 aromatic rings. The van der Waals surface area contributed by atoms with Crippen LogP contribution in [0.25, 0.3) is 5.57 Å². The van der Waals surface area contributed by atoms with E-state index < -0.39 is 0 Å². The van der Waals surface area contributed by atoms with Gasteiger partial charge in [0.15, 0.2) is 0 Å². The number of rotatable bonds is 5. The number of methoxy groups -OCH3 is 2. The molecule has 4 nitrogen and oxygen atoms in total. The van der Waals surface area contributed by atoms with Crippen molar-refractivity contribution in [2.24, 2.45) is 0 Å². The Bertz CT molecular complexity index is 765. The first kappa shape index (κ1) is 17.1. The van der Waals surface area contributed by atoms with E-state index in [1.54, 1.807) is 14.2 Å². The molecule has 2 aliphatic heterocycles. The zero-order valence-electron chi connectivity index (χ0n) is 15.4. The van der Waals surface area contributed by atoms with Crippen LogP contribution in [0.5, 0.6) is 11.5 Å². The van der Waals surface area contributed by atoms with Crippen LogP contribution in [0.4, 0.5) is 0 Å². The maximum absolute atomic E-state index is 5.84. The molecule has 2 aromatic carbocycles. The first-order valence-electron chi connectivity index (χ1n) is 9.08. The quantitative estimate of drug-likeness (QED) is 0.821. The monoisotopic (exact) mass is 351 g/mol.